The molecule has 4 heteroatoms. The quantitative estimate of drug-likeness (QED) is 0.931. The second kappa shape index (κ2) is 6.14. The van der Waals surface area contributed by atoms with Crippen LogP contribution >= 0.6 is 11.3 Å². The van der Waals surface area contributed by atoms with Crippen LogP contribution in [0.25, 0.3) is 0 Å². The summed E-state index contributed by atoms with van der Waals surface area (Å²) in [6, 6.07) is 2.20. The van der Waals surface area contributed by atoms with Gasteiger partial charge in [0.1, 0.15) is 0 Å². The Hall–Kier alpha value is -0.420. The Morgan fingerprint density at radius 2 is 2.25 bits per heavy atom. The maximum atomic E-state index is 11.1. The second-order valence-corrected chi connectivity index (χ2v) is 7.18. The molecular formula is C16H25NO2S. The summed E-state index contributed by atoms with van der Waals surface area (Å²) in [5.74, 6) is 0.771. The molecule has 0 amide bonds. The average Bonchev–Trinajstić information content (AvgIpc) is 2.97. The van der Waals surface area contributed by atoms with Crippen LogP contribution < -0.4 is 0 Å². The fourth-order valence-electron chi connectivity index (χ4n) is 3.81. The van der Waals surface area contributed by atoms with E-state index in [0.717, 1.165) is 52.1 Å². The van der Waals surface area contributed by atoms with E-state index in [-0.39, 0.29) is 0 Å². The number of hydrogen-bond donors (Lipinski definition) is 1. The fraction of sp³-hybridized carbons (Fsp3) is 0.750. The molecule has 0 aliphatic carbocycles. The molecule has 1 aromatic heterocycles. The van der Waals surface area contributed by atoms with Crippen molar-refractivity contribution < 1.29 is 9.84 Å². The smallest absolute Gasteiger partial charge is 0.0727 e. The normalized spacial score (nSPS) is 33.4. The van der Waals surface area contributed by atoms with Crippen molar-refractivity contribution >= 4 is 11.3 Å². The highest BCUT2D eigenvalue weighted by Crippen LogP contribution is 2.39. The first-order valence-corrected chi connectivity index (χ1v) is 8.66. The van der Waals surface area contributed by atoms with Gasteiger partial charge in [0.25, 0.3) is 0 Å². The van der Waals surface area contributed by atoms with Gasteiger partial charge in [-0.2, -0.15) is 11.3 Å². The largest absolute Gasteiger partial charge is 0.389 e. The Morgan fingerprint density at radius 1 is 1.45 bits per heavy atom. The van der Waals surface area contributed by atoms with Crippen molar-refractivity contribution in [3.63, 3.8) is 0 Å². The lowest BCUT2D eigenvalue weighted by Gasteiger charge is -2.48. The van der Waals surface area contributed by atoms with Crippen molar-refractivity contribution in [2.75, 3.05) is 26.3 Å². The molecule has 0 aromatic carbocycles. The summed E-state index contributed by atoms with van der Waals surface area (Å²) >= 11 is 1.76. The van der Waals surface area contributed by atoms with Crippen molar-refractivity contribution in [2.24, 2.45) is 11.8 Å². The lowest BCUT2D eigenvalue weighted by Crippen LogP contribution is -2.55. The van der Waals surface area contributed by atoms with Gasteiger partial charge in [-0.15, -0.1) is 0 Å². The minimum Gasteiger partial charge on any atom is -0.389 e. The van der Waals surface area contributed by atoms with Gasteiger partial charge in [-0.3, -0.25) is 4.90 Å². The molecule has 0 unspecified atom stereocenters. The van der Waals surface area contributed by atoms with Gasteiger partial charge in [0, 0.05) is 32.8 Å². The van der Waals surface area contributed by atoms with E-state index in [2.05, 4.69) is 28.7 Å². The van der Waals surface area contributed by atoms with Crippen molar-refractivity contribution in [1.29, 1.82) is 0 Å². The highest BCUT2D eigenvalue weighted by molar-refractivity contribution is 7.07. The fourth-order valence-corrected chi connectivity index (χ4v) is 4.47. The Morgan fingerprint density at radius 3 is 2.90 bits per heavy atom. The van der Waals surface area contributed by atoms with E-state index < -0.39 is 5.60 Å². The van der Waals surface area contributed by atoms with Crippen LogP contribution in [0.2, 0.25) is 0 Å². The van der Waals surface area contributed by atoms with Gasteiger partial charge in [-0.05, 0) is 53.5 Å². The monoisotopic (exact) mass is 295 g/mol. The molecule has 2 fully saturated rings. The molecule has 20 heavy (non-hydrogen) atoms. The van der Waals surface area contributed by atoms with Crippen LogP contribution in [0.4, 0.5) is 0 Å². The molecule has 0 spiro atoms. The van der Waals surface area contributed by atoms with E-state index in [1.54, 1.807) is 11.3 Å². The first-order valence-electron chi connectivity index (χ1n) is 7.72. The van der Waals surface area contributed by atoms with E-state index >= 15 is 0 Å². The summed E-state index contributed by atoms with van der Waals surface area (Å²) in [6.45, 7) is 6.89. The second-order valence-electron chi connectivity index (χ2n) is 6.40. The molecule has 2 aliphatic rings. The van der Waals surface area contributed by atoms with Gasteiger partial charge >= 0.3 is 0 Å². The molecule has 0 bridgehead atoms. The van der Waals surface area contributed by atoms with Crippen molar-refractivity contribution in [3.8, 4) is 0 Å². The summed E-state index contributed by atoms with van der Waals surface area (Å²) < 4.78 is 5.44. The molecule has 3 rings (SSSR count). The molecule has 0 saturated carbocycles. The third kappa shape index (κ3) is 2.93. The van der Waals surface area contributed by atoms with E-state index in [1.165, 1.54) is 5.56 Å². The third-order valence-electron chi connectivity index (χ3n) is 5.13. The predicted octanol–water partition coefficient (Wildman–Crippen LogP) is 2.75. The molecule has 3 heterocycles. The van der Waals surface area contributed by atoms with Gasteiger partial charge in [0.2, 0.25) is 0 Å². The van der Waals surface area contributed by atoms with Crippen molar-refractivity contribution in [3.05, 3.63) is 22.4 Å². The number of rotatable bonds is 3. The topological polar surface area (TPSA) is 32.7 Å². The molecule has 0 radical (unpaired) electrons. The van der Waals surface area contributed by atoms with Gasteiger partial charge < -0.3 is 9.84 Å². The van der Waals surface area contributed by atoms with Gasteiger partial charge in [0.15, 0.2) is 0 Å². The first-order chi connectivity index (χ1) is 9.68. The molecule has 3 nitrogen and oxygen atoms in total. The number of ether oxygens (including phenoxy) is 1. The van der Waals surface area contributed by atoms with Crippen LogP contribution in [0.3, 0.4) is 0 Å². The van der Waals surface area contributed by atoms with E-state index in [4.69, 9.17) is 4.74 Å². The zero-order chi connectivity index (χ0) is 14.0. The maximum absolute atomic E-state index is 11.1. The standard InChI is InChI=1S/C16H25NO2S/c1-13-10-17(11-14-4-9-20-12-14)6-5-16(13,18)15-2-7-19-8-3-15/h4,9,12-13,15,18H,2-3,5-8,10-11H2,1H3/t13-,16+/m1/s1. The Labute approximate surface area is 125 Å². The molecule has 112 valence electrons. The van der Waals surface area contributed by atoms with Crippen LogP contribution in [0, 0.1) is 11.8 Å². The van der Waals surface area contributed by atoms with Crippen LogP contribution in [0.1, 0.15) is 31.7 Å². The van der Waals surface area contributed by atoms with Gasteiger partial charge in [-0.25, -0.2) is 0 Å². The number of likely N-dealkylation sites (tertiary alicyclic amines) is 1. The molecule has 2 atom stereocenters. The van der Waals surface area contributed by atoms with Crippen LogP contribution in [0.5, 0.6) is 0 Å². The lowest BCUT2D eigenvalue weighted by molar-refractivity contribution is -0.131. The summed E-state index contributed by atoms with van der Waals surface area (Å²) in [5.41, 5.74) is 0.924. The summed E-state index contributed by atoms with van der Waals surface area (Å²) in [6.07, 6.45) is 2.94. The Balaban J connectivity index is 1.60. The Bertz CT molecular complexity index is 416. The molecule has 1 aromatic rings. The van der Waals surface area contributed by atoms with E-state index in [1.807, 2.05) is 0 Å². The lowest BCUT2D eigenvalue weighted by atomic mass is 9.70. The Kier molecular flexibility index (Phi) is 4.46. The molecular weight excluding hydrogens is 270 g/mol. The van der Waals surface area contributed by atoms with Gasteiger partial charge in [0.05, 0.1) is 5.60 Å². The number of hydrogen-bond acceptors (Lipinski definition) is 4. The van der Waals surface area contributed by atoms with Gasteiger partial charge in [-0.1, -0.05) is 6.92 Å². The average molecular weight is 295 g/mol. The number of thiophene rings is 1. The molecule has 2 saturated heterocycles. The zero-order valence-electron chi connectivity index (χ0n) is 12.3. The maximum Gasteiger partial charge on any atom is 0.0727 e. The zero-order valence-corrected chi connectivity index (χ0v) is 13.1. The number of piperidine rings is 1. The minimum absolute atomic E-state index is 0.345. The third-order valence-corrected chi connectivity index (χ3v) is 5.86. The summed E-state index contributed by atoms with van der Waals surface area (Å²) in [5, 5.41) is 15.5. The predicted molar refractivity (Wildman–Crippen MR) is 81.9 cm³/mol. The van der Waals surface area contributed by atoms with Crippen molar-refractivity contribution in [1.82, 2.24) is 4.90 Å². The summed E-state index contributed by atoms with van der Waals surface area (Å²) in [4.78, 5) is 2.49. The number of aliphatic hydroxyl groups is 1. The van der Waals surface area contributed by atoms with Crippen LogP contribution in [-0.2, 0) is 11.3 Å². The van der Waals surface area contributed by atoms with Crippen LogP contribution in [0.15, 0.2) is 16.8 Å². The highest BCUT2D eigenvalue weighted by Gasteiger charge is 2.45. The first kappa shape index (κ1) is 14.5. The highest BCUT2D eigenvalue weighted by atomic mass is 32.1. The van der Waals surface area contributed by atoms with Crippen molar-refractivity contribution in [2.45, 2.75) is 38.3 Å². The van der Waals surface area contributed by atoms with E-state index in [0.29, 0.717) is 11.8 Å². The molecule has 2 aliphatic heterocycles. The minimum atomic E-state index is -0.477. The molecule has 1 N–H and O–H groups in total. The number of nitrogens with zero attached hydrogens (tertiary/aromatic N) is 1. The van der Waals surface area contributed by atoms with E-state index in [9.17, 15) is 5.11 Å². The SMILES string of the molecule is C[C@@H]1CN(Cc2ccsc2)CC[C@@]1(O)C1CCOCC1. The van der Waals surface area contributed by atoms with Crippen LogP contribution in [-0.4, -0.2) is 41.9 Å². The summed E-state index contributed by atoms with van der Waals surface area (Å²) in [7, 11) is 0.